The molecule has 3 fully saturated rings. The number of aromatic nitrogens is 2. The smallest absolute Gasteiger partial charge is 0.261 e. The van der Waals surface area contributed by atoms with Gasteiger partial charge in [-0.2, -0.15) is 0 Å². The first-order valence-corrected chi connectivity index (χ1v) is 14.9. The number of nitrogens with two attached hydrogens (primary N) is 1. The Hall–Kier alpha value is -3.95. The maximum Gasteiger partial charge on any atom is 0.261 e. The molecule has 4 atom stereocenters. The minimum atomic E-state index is -0.712. The number of nitrogens with zero attached hydrogens (tertiary/aromatic N) is 4. The zero-order valence-electron chi connectivity index (χ0n) is 26.1. The van der Waals surface area contributed by atoms with Gasteiger partial charge >= 0.3 is 0 Å². The highest BCUT2D eigenvalue weighted by atomic mass is 19.1. The number of fused-ring (bicyclic) bond motifs is 3. The highest BCUT2D eigenvalue weighted by molar-refractivity contribution is 5.98. The topological polar surface area (TPSA) is 118 Å². The van der Waals surface area contributed by atoms with E-state index < -0.39 is 11.2 Å². The van der Waals surface area contributed by atoms with E-state index in [-0.39, 0.29) is 41.3 Å². The molecule has 0 aliphatic heterocycles. The summed E-state index contributed by atoms with van der Waals surface area (Å²) in [6.45, 7) is 12.7. The molecule has 2 bridgehead atoms. The molecule has 1 heterocycles. The number of hydrazine groups is 1. The summed E-state index contributed by atoms with van der Waals surface area (Å²) in [6.07, 6.45) is 3.74. The molecule has 6 rings (SSSR count). The summed E-state index contributed by atoms with van der Waals surface area (Å²) >= 11 is 0. The van der Waals surface area contributed by atoms with E-state index in [4.69, 9.17) is 15.9 Å². The first-order chi connectivity index (χ1) is 20.1. The van der Waals surface area contributed by atoms with Crippen molar-refractivity contribution in [2.24, 2.45) is 34.3 Å². The fraction of sp³-hybridized carbons (Fsp3) is 0.515. The van der Waals surface area contributed by atoms with Gasteiger partial charge in [0.1, 0.15) is 11.6 Å². The molecule has 3 N–H and O–H groups in total. The first kappa shape index (κ1) is 30.5. The van der Waals surface area contributed by atoms with Crippen LogP contribution < -0.4 is 21.0 Å². The molecule has 3 saturated carbocycles. The number of hydrogen-bond donors (Lipinski definition) is 2. The summed E-state index contributed by atoms with van der Waals surface area (Å²) in [7, 11) is 1.48. The Balaban J connectivity index is 1.48. The van der Waals surface area contributed by atoms with E-state index in [2.05, 4.69) is 25.8 Å². The van der Waals surface area contributed by atoms with Gasteiger partial charge in [-0.05, 0) is 72.3 Å². The second kappa shape index (κ2) is 11.0. The minimum absolute atomic E-state index is 0.118. The molecule has 1 aromatic heterocycles. The number of carbonyl (C=O) groups excluding carboxylic acids is 1. The average molecular weight is 591 g/mol. The van der Waals surface area contributed by atoms with E-state index in [1.807, 2.05) is 20.8 Å². The van der Waals surface area contributed by atoms with Gasteiger partial charge in [0.25, 0.3) is 5.56 Å². The largest absolute Gasteiger partial charge is 0.497 e. The molecule has 43 heavy (non-hydrogen) atoms. The van der Waals surface area contributed by atoms with Crippen molar-refractivity contribution in [3.8, 4) is 5.75 Å². The van der Waals surface area contributed by atoms with Crippen molar-refractivity contribution in [1.82, 2.24) is 14.6 Å². The zero-order valence-corrected chi connectivity index (χ0v) is 26.1. The number of carbonyl (C=O) groups is 1. The molecule has 0 spiro atoms. The molecule has 9 nitrogen and oxygen atoms in total. The Labute approximate surface area is 252 Å². The van der Waals surface area contributed by atoms with Gasteiger partial charge < -0.3 is 10.5 Å². The lowest BCUT2D eigenvalue weighted by Gasteiger charge is -2.64. The van der Waals surface area contributed by atoms with Crippen LogP contribution in [-0.4, -0.2) is 39.6 Å². The average Bonchev–Trinajstić information content (AvgIpc) is 2.94. The van der Waals surface area contributed by atoms with E-state index in [1.165, 1.54) is 29.1 Å². The zero-order chi connectivity index (χ0) is 31.4. The molecule has 3 aliphatic carbocycles. The standard InChI is InChI=1S/C33H43FN6O3/c1-19-25-14-21(33(25,5)6)15-28(19)40(30(42)32(2,3)4)39(31(35)36)22-9-11-24-27(16-22)37-18-38(29(24)41)13-12-20-8-10-23(43-7)17-26(20)34/h8-11,16-19,21,25,28H,12-15H2,1-7H3,(H3,35,36)/t19-,21+,25-,28-/m0/s1. The lowest BCUT2D eigenvalue weighted by Crippen LogP contribution is -2.67. The summed E-state index contributed by atoms with van der Waals surface area (Å²) in [5.74, 6) is 0.828. The third kappa shape index (κ3) is 5.36. The quantitative estimate of drug-likeness (QED) is 0.227. The normalized spacial score (nSPS) is 22.5. The van der Waals surface area contributed by atoms with Crippen molar-refractivity contribution in [2.45, 2.75) is 73.4 Å². The Morgan fingerprint density at radius 2 is 1.93 bits per heavy atom. The monoisotopic (exact) mass is 590 g/mol. The number of amides is 1. The number of nitrogens with one attached hydrogen (secondary N) is 1. The third-order valence-corrected chi connectivity index (χ3v) is 9.86. The Morgan fingerprint density at radius 3 is 2.51 bits per heavy atom. The number of guanidine groups is 1. The molecule has 2 aromatic carbocycles. The van der Waals surface area contributed by atoms with Crippen LogP contribution in [-0.2, 0) is 17.8 Å². The predicted octanol–water partition coefficient (Wildman–Crippen LogP) is 5.35. The minimum Gasteiger partial charge on any atom is -0.497 e. The van der Waals surface area contributed by atoms with E-state index in [0.717, 1.165) is 12.8 Å². The van der Waals surface area contributed by atoms with Crippen molar-refractivity contribution in [2.75, 3.05) is 12.1 Å². The maximum absolute atomic E-state index is 14.5. The molecule has 230 valence electrons. The highest BCUT2D eigenvalue weighted by Gasteiger charge is 2.59. The molecule has 3 aliphatic rings. The van der Waals surface area contributed by atoms with Crippen molar-refractivity contribution in [3.63, 3.8) is 0 Å². The van der Waals surface area contributed by atoms with Gasteiger partial charge in [-0.15, -0.1) is 0 Å². The van der Waals surface area contributed by atoms with E-state index >= 15 is 0 Å². The summed E-state index contributed by atoms with van der Waals surface area (Å²) in [5.41, 5.74) is 6.86. The van der Waals surface area contributed by atoms with Gasteiger partial charge in [0.15, 0.2) is 0 Å². The summed E-state index contributed by atoms with van der Waals surface area (Å²) < 4.78 is 21.0. The van der Waals surface area contributed by atoms with Gasteiger partial charge in [0, 0.05) is 18.0 Å². The SMILES string of the molecule is COc1ccc(CCn2cnc3cc(N(C(=N)N)N(C(=O)C(C)(C)C)[C@H]4C[C@H]5C[C@@H]([C@@H]4C)C5(C)C)ccc3c2=O)c(F)c1. The van der Waals surface area contributed by atoms with Crippen LogP contribution in [0.15, 0.2) is 47.5 Å². The van der Waals surface area contributed by atoms with Gasteiger partial charge in [-0.3, -0.25) is 19.6 Å². The first-order valence-electron chi connectivity index (χ1n) is 14.9. The lowest BCUT2D eigenvalue weighted by atomic mass is 9.44. The number of benzene rings is 2. The number of methoxy groups -OCH3 is 1. The van der Waals surface area contributed by atoms with Gasteiger partial charge in [0.05, 0.1) is 36.1 Å². The number of halogens is 1. The van der Waals surface area contributed by atoms with Crippen LogP contribution in [0.3, 0.4) is 0 Å². The number of rotatable bonds is 6. The molecule has 10 heteroatoms. The van der Waals surface area contributed by atoms with Gasteiger partial charge in [-0.25, -0.2) is 19.4 Å². The third-order valence-electron chi connectivity index (χ3n) is 9.86. The molecular formula is C33H43FN6O3. The van der Waals surface area contributed by atoms with Crippen molar-refractivity contribution in [1.29, 1.82) is 5.41 Å². The molecule has 0 saturated heterocycles. The number of ether oxygens (including phenoxy) is 1. The van der Waals surface area contributed by atoms with Crippen LogP contribution >= 0.6 is 0 Å². The molecule has 0 unspecified atom stereocenters. The molecular weight excluding hydrogens is 547 g/mol. The van der Waals surface area contributed by atoms with Crippen LogP contribution in [0.2, 0.25) is 0 Å². The van der Waals surface area contributed by atoms with Crippen molar-refractivity contribution in [3.05, 3.63) is 64.5 Å². The fourth-order valence-electron chi connectivity index (χ4n) is 7.09. The van der Waals surface area contributed by atoms with Crippen LogP contribution in [0.25, 0.3) is 10.9 Å². The second-order valence-electron chi connectivity index (χ2n) is 13.8. The predicted molar refractivity (Wildman–Crippen MR) is 166 cm³/mol. The van der Waals surface area contributed by atoms with Crippen LogP contribution in [0.4, 0.5) is 10.1 Å². The van der Waals surface area contributed by atoms with Crippen LogP contribution in [0.1, 0.15) is 59.9 Å². The Kier molecular flexibility index (Phi) is 7.77. The summed E-state index contributed by atoms with van der Waals surface area (Å²) in [6, 6.07) is 9.61. The maximum atomic E-state index is 14.5. The Bertz CT molecular complexity index is 1630. The fourth-order valence-corrected chi connectivity index (χ4v) is 7.09. The number of hydrogen-bond acceptors (Lipinski definition) is 5. The van der Waals surface area contributed by atoms with E-state index in [0.29, 0.717) is 46.2 Å². The number of anilines is 1. The van der Waals surface area contributed by atoms with E-state index in [9.17, 15) is 14.0 Å². The molecule has 3 aromatic rings. The van der Waals surface area contributed by atoms with Crippen molar-refractivity contribution >= 4 is 28.5 Å². The lowest BCUT2D eigenvalue weighted by molar-refractivity contribution is -0.163. The second-order valence-corrected chi connectivity index (χ2v) is 13.8. The summed E-state index contributed by atoms with van der Waals surface area (Å²) in [4.78, 5) is 32.0. The number of aryl methyl sites for hydroxylation is 2. The van der Waals surface area contributed by atoms with E-state index in [1.54, 1.807) is 35.3 Å². The molecule has 1 amide bonds. The molecule has 0 radical (unpaired) electrons. The summed E-state index contributed by atoms with van der Waals surface area (Å²) in [5, 5.41) is 12.2. The highest BCUT2D eigenvalue weighted by Crippen LogP contribution is 2.62. The van der Waals surface area contributed by atoms with Crippen LogP contribution in [0, 0.1) is 39.8 Å². The van der Waals surface area contributed by atoms with Crippen LogP contribution in [0.5, 0.6) is 5.75 Å². The Morgan fingerprint density at radius 1 is 1.21 bits per heavy atom. The van der Waals surface area contributed by atoms with Gasteiger partial charge in [-0.1, -0.05) is 47.6 Å². The van der Waals surface area contributed by atoms with Gasteiger partial charge in [0.2, 0.25) is 11.9 Å². The van der Waals surface area contributed by atoms with Crippen molar-refractivity contribution < 1.29 is 13.9 Å².